The number of fused-ring (bicyclic) bond motifs is 1. The van der Waals surface area contributed by atoms with Crippen LogP contribution in [0.2, 0.25) is 0 Å². The lowest BCUT2D eigenvalue weighted by molar-refractivity contribution is 0.698. The first-order valence-electron chi connectivity index (χ1n) is 6.33. The van der Waals surface area contributed by atoms with Gasteiger partial charge in [0.05, 0.1) is 17.3 Å². The van der Waals surface area contributed by atoms with Gasteiger partial charge in [0.15, 0.2) is 0 Å². The van der Waals surface area contributed by atoms with Crippen LogP contribution in [0.3, 0.4) is 0 Å². The molecule has 2 heterocycles. The van der Waals surface area contributed by atoms with Gasteiger partial charge < -0.3 is 5.73 Å². The smallest absolute Gasteiger partial charge is 0.0706 e. The van der Waals surface area contributed by atoms with Crippen LogP contribution in [0.4, 0.5) is 0 Å². The van der Waals surface area contributed by atoms with Crippen molar-refractivity contribution in [3.63, 3.8) is 0 Å². The number of nitrogens with two attached hydrogens (primary N) is 1. The number of rotatable bonds is 3. The van der Waals surface area contributed by atoms with Crippen molar-refractivity contribution < 1.29 is 0 Å². The van der Waals surface area contributed by atoms with Gasteiger partial charge in [0, 0.05) is 17.8 Å². The molecule has 0 spiro atoms. The fraction of sp³-hybridized carbons (Fsp3) is 0.125. The maximum Gasteiger partial charge on any atom is 0.0706 e. The van der Waals surface area contributed by atoms with E-state index in [0.717, 1.165) is 28.6 Å². The SMILES string of the molecule is NC(Cc1cccnc1)c1ccc2ccccc2n1. The van der Waals surface area contributed by atoms with E-state index in [0.29, 0.717) is 0 Å². The van der Waals surface area contributed by atoms with Crippen molar-refractivity contribution in [3.8, 4) is 0 Å². The predicted octanol–water partition coefficient (Wildman–Crippen LogP) is 2.87. The molecule has 0 aliphatic rings. The second-order valence-corrected chi connectivity index (χ2v) is 4.60. The number of hydrogen-bond donors (Lipinski definition) is 1. The van der Waals surface area contributed by atoms with Gasteiger partial charge in [-0.3, -0.25) is 9.97 Å². The molecule has 0 aliphatic carbocycles. The van der Waals surface area contributed by atoms with Crippen molar-refractivity contribution in [2.24, 2.45) is 5.73 Å². The number of benzene rings is 1. The quantitative estimate of drug-likeness (QED) is 0.776. The van der Waals surface area contributed by atoms with E-state index in [1.54, 1.807) is 6.20 Å². The molecular formula is C16H15N3. The maximum atomic E-state index is 6.23. The van der Waals surface area contributed by atoms with Gasteiger partial charge in [-0.15, -0.1) is 0 Å². The zero-order chi connectivity index (χ0) is 13.1. The van der Waals surface area contributed by atoms with Crippen LogP contribution in [0, 0.1) is 0 Å². The molecular weight excluding hydrogens is 234 g/mol. The number of pyridine rings is 2. The monoisotopic (exact) mass is 249 g/mol. The lowest BCUT2D eigenvalue weighted by atomic mass is 10.0. The molecule has 0 bridgehead atoms. The van der Waals surface area contributed by atoms with E-state index >= 15 is 0 Å². The Hall–Kier alpha value is -2.26. The number of hydrogen-bond acceptors (Lipinski definition) is 3. The topological polar surface area (TPSA) is 51.8 Å². The van der Waals surface area contributed by atoms with Crippen LogP contribution >= 0.6 is 0 Å². The Balaban J connectivity index is 1.87. The molecule has 1 atom stereocenters. The van der Waals surface area contributed by atoms with E-state index in [1.807, 2.05) is 42.6 Å². The zero-order valence-corrected chi connectivity index (χ0v) is 10.5. The van der Waals surface area contributed by atoms with Gasteiger partial charge in [0.25, 0.3) is 0 Å². The molecule has 19 heavy (non-hydrogen) atoms. The van der Waals surface area contributed by atoms with E-state index in [9.17, 15) is 0 Å². The molecule has 0 aliphatic heterocycles. The van der Waals surface area contributed by atoms with Crippen LogP contribution in [0.5, 0.6) is 0 Å². The Bertz CT molecular complexity index is 680. The molecule has 3 rings (SSSR count). The van der Waals surface area contributed by atoms with E-state index in [1.165, 1.54) is 0 Å². The fourth-order valence-electron chi connectivity index (χ4n) is 2.17. The Morgan fingerprint density at radius 1 is 1.00 bits per heavy atom. The predicted molar refractivity (Wildman–Crippen MR) is 76.6 cm³/mol. The third-order valence-electron chi connectivity index (χ3n) is 3.18. The van der Waals surface area contributed by atoms with Crippen LogP contribution in [0.1, 0.15) is 17.3 Å². The molecule has 94 valence electrons. The van der Waals surface area contributed by atoms with E-state index in [-0.39, 0.29) is 6.04 Å². The van der Waals surface area contributed by atoms with Crippen LogP contribution in [0.15, 0.2) is 60.9 Å². The molecule has 0 fully saturated rings. The number of para-hydroxylation sites is 1. The summed E-state index contributed by atoms with van der Waals surface area (Å²) in [5.74, 6) is 0. The van der Waals surface area contributed by atoms with Gasteiger partial charge in [-0.25, -0.2) is 0 Å². The summed E-state index contributed by atoms with van der Waals surface area (Å²) in [4.78, 5) is 8.73. The lowest BCUT2D eigenvalue weighted by Gasteiger charge is -2.11. The van der Waals surface area contributed by atoms with Gasteiger partial charge in [0.2, 0.25) is 0 Å². The van der Waals surface area contributed by atoms with Gasteiger partial charge >= 0.3 is 0 Å². The fourth-order valence-corrected chi connectivity index (χ4v) is 2.17. The minimum Gasteiger partial charge on any atom is -0.322 e. The van der Waals surface area contributed by atoms with Crippen molar-refractivity contribution in [3.05, 3.63) is 72.2 Å². The minimum atomic E-state index is -0.103. The summed E-state index contributed by atoms with van der Waals surface area (Å²) in [6, 6.07) is 16.0. The van der Waals surface area contributed by atoms with Gasteiger partial charge in [0.1, 0.15) is 0 Å². The van der Waals surface area contributed by atoms with Crippen molar-refractivity contribution in [1.82, 2.24) is 9.97 Å². The summed E-state index contributed by atoms with van der Waals surface area (Å²) in [5.41, 5.74) is 9.26. The van der Waals surface area contributed by atoms with Crippen LogP contribution in [0.25, 0.3) is 10.9 Å². The van der Waals surface area contributed by atoms with Gasteiger partial charge in [-0.2, -0.15) is 0 Å². The molecule has 0 saturated heterocycles. The summed E-state index contributed by atoms with van der Waals surface area (Å²) >= 11 is 0. The highest BCUT2D eigenvalue weighted by Crippen LogP contribution is 2.18. The zero-order valence-electron chi connectivity index (χ0n) is 10.5. The van der Waals surface area contributed by atoms with Crippen molar-refractivity contribution in [2.45, 2.75) is 12.5 Å². The molecule has 2 N–H and O–H groups in total. The highest BCUT2D eigenvalue weighted by Gasteiger charge is 2.09. The second kappa shape index (κ2) is 5.16. The number of aromatic nitrogens is 2. The number of nitrogens with zero attached hydrogens (tertiary/aromatic N) is 2. The van der Waals surface area contributed by atoms with Crippen LogP contribution in [-0.4, -0.2) is 9.97 Å². The van der Waals surface area contributed by atoms with E-state index in [4.69, 9.17) is 5.73 Å². The summed E-state index contributed by atoms with van der Waals surface area (Å²) < 4.78 is 0. The summed E-state index contributed by atoms with van der Waals surface area (Å²) in [6.07, 6.45) is 4.36. The third kappa shape index (κ3) is 2.61. The molecule has 0 radical (unpaired) electrons. The second-order valence-electron chi connectivity index (χ2n) is 4.60. The average Bonchev–Trinajstić information content (AvgIpc) is 2.48. The molecule has 2 aromatic heterocycles. The first-order valence-corrected chi connectivity index (χ1v) is 6.33. The Morgan fingerprint density at radius 3 is 2.74 bits per heavy atom. The Kier molecular flexibility index (Phi) is 3.21. The lowest BCUT2D eigenvalue weighted by Crippen LogP contribution is -2.15. The first kappa shape index (κ1) is 11.8. The maximum absolute atomic E-state index is 6.23. The normalized spacial score (nSPS) is 12.5. The summed E-state index contributed by atoms with van der Waals surface area (Å²) in [6.45, 7) is 0. The molecule has 0 saturated carbocycles. The molecule has 3 nitrogen and oxygen atoms in total. The van der Waals surface area contributed by atoms with Gasteiger partial charge in [-0.1, -0.05) is 30.3 Å². The minimum absolute atomic E-state index is 0.103. The Morgan fingerprint density at radius 2 is 1.89 bits per heavy atom. The average molecular weight is 249 g/mol. The standard InChI is InChI=1S/C16H15N3/c17-14(10-12-4-3-9-18-11-12)16-8-7-13-5-1-2-6-15(13)19-16/h1-9,11,14H,10,17H2. The molecule has 1 aromatic carbocycles. The summed E-state index contributed by atoms with van der Waals surface area (Å²) in [7, 11) is 0. The highest BCUT2D eigenvalue weighted by molar-refractivity contribution is 5.78. The summed E-state index contributed by atoms with van der Waals surface area (Å²) in [5, 5.41) is 1.14. The third-order valence-corrected chi connectivity index (χ3v) is 3.18. The van der Waals surface area contributed by atoms with Crippen LogP contribution in [-0.2, 0) is 6.42 Å². The molecule has 3 aromatic rings. The van der Waals surface area contributed by atoms with Gasteiger partial charge in [-0.05, 0) is 30.2 Å². The first-order chi connectivity index (χ1) is 9.33. The van der Waals surface area contributed by atoms with Crippen molar-refractivity contribution in [2.75, 3.05) is 0 Å². The largest absolute Gasteiger partial charge is 0.322 e. The van der Waals surface area contributed by atoms with Crippen molar-refractivity contribution in [1.29, 1.82) is 0 Å². The van der Waals surface area contributed by atoms with Crippen molar-refractivity contribution >= 4 is 10.9 Å². The molecule has 3 heteroatoms. The Labute approximate surface area is 112 Å². The van der Waals surface area contributed by atoms with E-state index in [2.05, 4.69) is 22.1 Å². The molecule has 0 amide bonds. The van der Waals surface area contributed by atoms with E-state index < -0.39 is 0 Å². The molecule has 1 unspecified atom stereocenters. The highest BCUT2D eigenvalue weighted by atomic mass is 14.8. The van der Waals surface area contributed by atoms with Crippen LogP contribution < -0.4 is 5.73 Å².